The number of aliphatic carboxylic acids is 1. The Morgan fingerprint density at radius 1 is 1.23 bits per heavy atom. The number of nitrogens with zero attached hydrogens (tertiary/aromatic N) is 3. The van der Waals surface area contributed by atoms with Gasteiger partial charge in [0.15, 0.2) is 0 Å². The molecule has 8 heteroatoms. The molecule has 3 N–H and O–H groups in total. The summed E-state index contributed by atoms with van der Waals surface area (Å²) in [5, 5.41) is 24.2. The maximum Gasteiger partial charge on any atom is 0.306 e. The van der Waals surface area contributed by atoms with Crippen molar-refractivity contribution in [3.05, 3.63) is 52.9 Å². The quantitative estimate of drug-likeness (QED) is 0.520. The average molecular weight is 439 g/mol. The highest BCUT2D eigenvalue weighted by Crippen LogP contribution is 2.37. The second-order valence-corrected chi connectivity index (χ2v) is 9.48. The van der Waals surface area contributed by atoms with Crippen molar-refractivity contribution in [2.24, 2.45) is 5.92 Å². The van der Waals surface area contributed by atoms with E-state index in [-0.39, 0.29) is 5.92 Å². The van der Waals surface area contributed by atoms with Crippen molar-refractivity contribution in [3.8, 4) is 10.4 Å². The van der Waals surface area contributed by atoms with Crippen LogP contribution in [0.2, 0.25) is 0 Å². The molecule has 4 rings (SSSR count). The smallest absolute Gasteiger partial charge is 0.306 e. The Kier molecular flexibility index (Phi) is 6.02. The van der Waals surface area contributed by atoms with Crippen molar-refractivity contribution in [2.45, 2.75) is 51.6 Å². The second-order valence-electron chi connectivity index (χ2n) is 8.37. The molecule has 1 aliphatic carbocycles. The first-order valence-corrected chi connectivity index (χ1v) is 11.2. The number of nitrogens with one attached hydrogen (secondary N) is 1. The van der Waals surface area contributed by atoms with Gasteiger partial charge in [-0.25, -0.2) is 15.0 Å². The summed E-state index contributed by atoms with van der Waals surface area (Å²) in [6, 6.07) is 8.05. The summed E-state index contributed by atoms with van der Waals surface area (Å²) < 4.78 is 0. The molecule has 1 aromatic carbocycles. The number of carboxylic acid groups (broad SMARTS) is 1. The topological polar surface area (TPSA) is 108 Å². The zero-order chi connectivity index (χ0) is 22.0. The van der Waals surface area contributed by atoms with Crippen LogP contribution in [0.1, 0.15) is 41.9 Å². The minimum atomic E-state index is -0.872. The van der Waals surface area contributed by atoms with Crippen LogP contribution in [-0.2, 0) is 11.2 Å². The second kappa shape index (κ2) is 8.72. The Labute approximate surface area is 185 Å². The Morgan fingerprint density at radius 2 is 2.00 bits per heavy atom. The Bertz CT molecular complexity index is 1090. The predicted octanol–water partition coefficient (Wildman–Crippen LogP) is 4.51. The third-order valence-electron chi connectivity index (χ3n) is 5.71. The molecule has 1 aliphatic rings. The van der Waals surface area contributed by atoms with Crippen LogP contribution in [0.15, 0.2) is 36.7 Å². The van der Waals surface area contributed by atoms with Gasteiger partial charge in [-0.3, -0.25) is 4.79 Å². The van der Waals surface area contributed by atoms with Crippen molar-refractivity contribution in [3.63, 3.8) is 0 Å². The van der Waals surface area contributed by atoms with E-state index in [1.165, 1.54) is 0 Å². The number of aliphatic hydroxyl groups is 1. The molecule has 1 fully saturated rings. The summed E-state index contributed by atoms with van der Waals surface area (Å²) in [7, 11) is 0. The normalized spacial score (nSPS) is 21.1. The summed E-state index contributed by atoms with van der Waals surface area (Å²) in [6.45, 7) is 3.97. The molecule has 0 saturated heterocycles. The van der Waals surface area contributed by atoms with Crippen LogP contribution >= 0.6 is 11.3 Å². The van der Waals surface area contributed by atoms with E-state index in [1.807, 2.05) is 38.2 Å². The number of anilines is 2. The van der Waals surface area contributed by atoms with Gasteiger partial charge in [-0.1, -0.05) is 6.07 Å². The van der Waals surface area contributed by atoms with Gasteiger partial charge in [0.05, 0.1) is 21.4 Å². The lowest BCUT2D eigenvalue weighted by Crippen LogP contribution is -2.37. The Hall–Kier alpha value is -2.84. The molecule has 2 aromatic heterocycles. The monoisotopic (exact) mass is 438 g/mol. The van der Waals surface area contributed by atoms with Crippen LogP contribution in [0.25, 0.3) is 10.4 Å². The van der Waals surface area contributed by atoms with Gasteiger partial charge in [0.25, 0.3) is 0 Å². The lowest BCUT2D eigenvalue weighted by atomic mass is 9.77. The number of benzene rings is 1. The maximum atomic E-state index is 11.2. The molecular formula is C23H26N4O3S. The Morgan fingerprint density at radius 3 is 2.71 bits per heavy atom. The lowest BCUT2D eigenvalue weighted by molar-refractivity contribution is -0.144. The van der Waals surface area contributed by atoms with Crippen molar-refractivity contribution in [1.29, 1.82) is 0 Å². The van der Waals surface area contributed by atoms with Crippen LogP contribution in [0, 0.1) is 19.8 Å². The maximum absolute atomic E-state index is 11.2. The molecular weight excluding hydrogens is 412 g/mol. The fourth-order valence-corrected chi connectivity index (χ4v) is 5.06. The molecule has 2 heterocycles. The average Bonchev–Trinajstić information content (AvgIpc) is 3.16. The molecule has 7 nitrogen and oxygen atoms in total. The van der Waals surface area contributed by atoms with Gasteiger partial charge in [0.2, 0.25) is 5.95 Å². The molecule has 0 unspecified atom stereocenters. The van der Waals surface area contributed by atoms with E-state index in [1.54, 1.807) is 17.5 Å². The third-order valence-corrected chi connectivity index (χ3v) is 6.76. The molecule has 0 atom stereocenters. The van der Waals surface area contributed by atoms with E-state index < -0.39 is 11.6 Å². The summed E-state index contributed by atoms with van der Waals surface area (Å²) in [5.41, 5.74) is 3.07. The number of hydrogen-bond donors (Lipinski definition) is 3. The molecule has 31 heavy (non-hydrogen) atoms. The van der Waals surface area contributed by atoms with Gasteiger partial charge in [0, 0.05) is 30.2 Å². The van der Waals surface area contributed by atoms with E-state index in [0.29, 0.717) is 38.1 Å². The van der Waals surface area contributed by atoms with Crippen molar-refractivity contribution in [2.75, 3.05) is 5.32 Å². The van der Waals surface area contributed by atoms with Gasteiger partial charge in [-0.05, 0) is 68.9 Å². The number of aromatic nitrogens is 3. The molecule has 0 radical (unpaired) electrons. The highest BCUT2D eigenvalue weighted by Gasteiger charge is 2.36. The largest absolute Gasteiger partial charge is 0.481 e. The fraction of sp³-hybridized carbons (Fsp3) is 0.391. The lowest BCUT2D eigenvalue weighted by Gasteiger charge is -2.34. The summed E-state index contributed by atoms with van der Waals surface area (Å²) in [5.74, 6) is -0.554. The highest BCUT2D eigenvalue weighted by molar-refractivity contribution is 7.15. The van der Waals surface area contributed by atoms with E-state index in [4.69, 9.17) is 0 Å². The van der Waals surface area contributed by atoms with E-state index in [2.05, 4.69) is 26.3 Å². The SMILES string of the molecule is Cc1cc(Nc2nccc(C)n2)cc(-c2cnc(C[C@]3(O)CC[C@@H](C(=O)O)CC3)s2)c1. The fourth-order valence-electron chi connectivity index (χ4n) is 4.02. The molecule has 3 aromatic rings. The van der Waals surface area contributed by atoms with Crippen molar-refractivity contribution >= 4 is 28.9 Å². The Balaban J connectivity index is 1.48. The van der Waals surface area contributed by atoms with E-state index in [9.17, 15) is 15.0 Å². The van der Waals surface area contributed by atoms with Crippen LogP contribution < -0.4 is 5.32 Å². The number of thiazole rings is 1. The summed E-state index contributed by atoms with van der Waals surface area (Å²) in [6.07, 6.45) is 6.04. The summed E-state index contributed by atoms with van der Waals surface area (Å²) in [4.78, 5) is 25.4. The summed E-state index contributed by atoms with van der Waals surface area (Å²) >= 11 is 1.56. The predicted molar refractivity (Wildman–Crippen MR) is 121 cm³/mol. The van der Waals surface area contributed by atoms with Gasteiger partial charge >= 0.3 is 5.97 Å². The first-order chi connectivity index (χ1) is 14.8. The minimum absolute atomic E-state index is 0.345. The number of carbonyl (C=O) groups is 1. The van der Waals surface area contributed by atoms with Gasteiger partial charge < -0.3 is 15.5 Å². The van der Waals surface area contributed by atoms with Crippen molar-refractivity contribution in [1.82, 2.24) is 15.0 Å². The molecule has 0 aliphatic heterocycles. The number of hydrogen-bond acceptors (Lipinski definition) is 7. The first kappa shape index (κ1) is 21.4. The zero-order valence-corrected chi connectivity index (χ0v) is 18.4. The van der Waals surface area contributed by atoms with Gasteiger partial charge in [0.1, 0.15) is 0 Å². The zero-order valence-electron chi connectivity index (χ0n) is 17.6. The van der Waals surface area contributed by atoms with Gasteiger partial charge in [-0.15, -0.1) is 11.3 Å². The van der Waals surface area contributed by atoms with Crippen LogP contribution in [0.3, 0.4) is 0 Å². The molecule has 0 bridgehead atoms. The molecule has 0 spiro atoms. The van der Waals surface area contributed by atoms with Crippen LogP contribution in [0.4, 0.5) is 11.6 Å². The number of aryl methyl sites for hydroxylation is 2. The molecule has 1 saturated carbocycles. The van der Waals surface area contributed by atoms with Crippen molar-refractivity contribution < 1.29 is 15.0 Å². The van der Waals surface area contributed by atoms with Crippen LogP contribution in [-0.4, -0.2) is 36.7 Å². The highest BCUT2D eigenvalue weighted by atomic mass is 32.1. The number of rotatable bonds is 6. The first-order valence-electron chi connectivity index (χ1n) is 10.4. The molecule has 162 valence electrons. The third kappa shape index (κ3) is 5.26. The standard InChI is InChI=1S/C23H26N4O3S/c1-14-9-17(11-18(10-14)27-22-24-8-5-15(2)26-22)19-13-25-20(31-19)12-23(30)6-3-16(4-7-23)21(28)29/h5,8-11,13,16,30H,3-4,6-7,12H2,1-2H3,(H,28,29)(H,24,26,27)/t16-,23+. The number of carboxylic acids is 1. The molecule has 0 amide bonds. The minimum Gasteiger partial charge on any atom is -0.481 e. The van der Waals surface area contributed by atoms with Gasteiger partial charge in [-0.2, -0.15) is 0 Å². The van der Waals surface area contributed by atoms with Crippen LogP contribution in [0.5, 0.6) is 0 Å². The van der Waals surface area contributed by atoms with E-state index in [0.717, 1.165) is 32.4 Å². The van der Waals surface area contributed by atoms with E-state index >= 15 is 0 Å².